The lowest BCUT2D eigenvalue weighted by Gasteiger charge is -2.35. The monoisotopic (exact) mass is 725 g/mol. The van der Waals surface area contributed by atoms with Crippen molar-refractivity contribution in [3.8, 4) is 0 Å². The summed E-state index contributed by atoms with van der Waals surface area (Å²) in [5.41, 5.74) is 2.29. The van der Waals surface area contributed by atoms with Crippen LogP contribution in [0.3, 0.4) is 0 Å². The number of nitrogens with one attached hydrogen (secondary N) is 1. The second-order valence-corrected chi connectivity index (χ2v) is 15.1. The lowest BCUT2D eigenvalue weighted by Crippen LogP contribution is -2.55. The minimum atomic E-state index is -4.26. The van der Waals surface area contributed by atoms with E-state index in [0.29, 0.717) is 31.9 Å². The van der Waals surface area contributed by atoms with Crippen LogP contribution in [0, 0.1) is 6.92 Å². The number of rotatable bonds is 12. The van der Waals surface area contributed by atoms with Gasteiger partial charge in [0.15, 0.2) is 0 Å². The number of para-hydroxylation sites is 1. The Bertz CT molecular complexity index is 1810. The molecule has 252 valence electrons. The maximum Gasteiger partial charge on any atom is 0.264 e. The summed E-state index contributed by atoms with van der Waals surface area (Å²) in [5.74, 6) is -0.906. The highest BCUT2D eigenvalue weighted by atomic mass is 35.5. The summed E-state index contributed by atoms with van der Waals surface area (Å²) < 4.78 is 29.6. The molecule has 1 aliphatic rings. The Kier molecular flexibility index (Phi) is 12.1. The van der Waals surface area contributed by atoms with E-state index in [9.17, 15) is 18.0 Å². The molecule has 1 aliphatic carbocycles. The van der Waals surface area contributed by atoms with Crippen molar-refractivity contribution in [1.29, 1.82) is 0 Å². The van der Waals surface area contributed by atoms with E-state index in [2.05, 4.69) is 5.32 Å². The summed E-state index contributed by atoms with van der Waals surface area (Å²) in [7, 11) is -4.26. The van der Waals surface area contributed by atoms with Crippen molar-refractivity contribution in [2.24, 2.45) is 0 Å². The van der Waals surface area contributed by atoms with Crippen molar-refractivity contribution in [2.45, 2.75) is 69.0 Å². The topological polar surface area (TPSA) is 86.8 Å². The number of nitrogens with zero attached hydrogens (tertiary/aromatic N) is 2. The van der Waals surface area contributed by atoms with E-state index in [1.807, 2.05) is 30.3 Å². The van der Waals surface area contributed by atoms with Crippen LogP contribution in [0.1, 0.15) is 48.8 Å². The number of sulfonamides is 1. The molecule has 0 spiro atoms. The van der Waals surface area contributed by atoms with E-state index in [1.165, 1.54) is 29.2 Å². The fourth-order valence-corrected chi connectivity index (χ4v) is 8.16. The standard InChI is InChI=1S/C37H38Cl3N3O4S/c1-26-11-8-9-18-34(26)43(48(46,47)30-21-19-28(38)20-22-30)25-36(44)42(24-31-32(39)16-10-17-33(31)40)35(23-27-12-4-2-5-13-27)37(45)41-29-14-6-3-7-15-29/h2,4-5,8-13,16-22,29,35H,3,6-7,14-15,23-25H2,1H3,(H,41,45). The minimum Gasteiger partial charge on any atom is -0.352 e. The smallest absolute Gasteiger partial charge is 0.264 e. The first-order chi connectivity index (χ1) is 23.0. The summed E-state index contributed by atoms with van der Waals surface area (Å²) in [5, 5.41) is 4.24. The summed E-state index contributed by atoms with van der Waals surface area (Å²) in [4.78, 5) is 30.4. The normalized spacial score (nSPS) is 14.2. The predicted octanol–water partition coefficient (Wildman–Crippen LogP) is 8.24. The van der Waals surface area contributed by atoms with E-state index < -0.39 is 28.5 Å². The highest BCUT2D eigenvalue weighted by molar-refractivity contribution is 7.92. The van der Waals surface area contributed by atoms with Gasteiger partial charge in [0.25, 0.3) is 10.0 Å². The molecule has 4 aromatic rings. The largest absolute Gasteiger partial charge is 0.352 e. The van der Waals surface area contributed by atoms with Gasteiger partial charge in [-0.2, -0.15) is 0 Å². The number of amides is 2. The maximum atomic E-state index is 14.8. The molecule has 1 unspecified atom stereocenters. The first-order valence-corrected chi connectivity index (χ1v) is 18.5. The second-order valence-electron chi connectivity index (χ2n) is 12.0. The molecule has 1 atom stereocenters. The molecule has 0 bridgehead atoms. The van der Waals surface area contributed by atoms with E-state index in [-0.39, 0.29) is 29.8 Å². The molecule has 5 rings (SSSR count). The van der Waals surface area contributed by atoms with Crippen LogP contribution in [0.25, 0.3) is 0 Å². The van der Waals surface area contributed by atoms with Crippen molar-refractivity contribution in [3.05, 3.63) is 129 Å². The van der Waals surface area contributed by atoms with Gasteiger partial charge in [0.1, 0.15) is 12.6 Å². The maximum absolute atomic E-state index is 14.8. The van der Waals surface area contributed by atoms with E-state index in [0.717, 1.165) is 42.0 Å². The highest BCUT2D eigenvalue weighted by Crippen LogP contribution is 2.31. The molecule has 0 heterocycles. The Labute approximate surface area is 297 Å². The Balaban J connectivity index is 1.60. The fourth-order valence-electron chi connectivity index (χ4n) is 6.04. The second kappa shape index (κ2) is 16.2. The predicted molar refractivity (Wildman–Crippen MR) is 193 cm³/mol. The Morgan fingerprint density at radius 2 is 1.44 bits per heavy atom. The molecule has 1 N–H and O–H groups in total. The van der Waals surface area contributed by atoms with E-state index in [1.54, 1.807) is 49.4 Å². The highest BCUT2D eigenvalue weighted by Gasteiger charge is 2.36. The zero-order valence-electron chi connectivity index (χ0n) is 26.6. The van der Waals surface area contributed by atoms with Gasteiger partial charge in [-0.1, -0.05) is 109 Å². The average Bonchev–Trinajstić information content (AvgIpc) is 3.07. The molecule has 1 saturated carbocycles. The van der Waals surface area contributed by atoms with Gasteiger partial charge in [0.05, 0.1) is 10.6 Å². The van der Waals surface area contributed by atoms with Crippen molar-refractivity contribution in [2.75, 3.05) is 10.8 Å². The molecule has 2 amide bonds. The molecule has 0 radical (unpaired) electrons. The van der Waals surface area contributed by atoms with Crippen LogP contribution < -0.4 is 9.62 Å². The molecule has 0 aromatic heterocycles. The van der Waals surface area contributed by atoms with Gasteiger partial charge in [-0.3, -0.25) is 13.9 Å². The molecule has 1 fully saturated rings. The number of halogens is 3. The summed E-state index contributed by atoms with van der Waals surface area (Å²) in [6, 6.07) is 26.2. The van der Waals surface area contributed by atoms with Gasteiger partial charge >= 0.3 is 0 Å². The SMILES string of the molecule is Cc1ccccc1N(CC(=O)N(Cc1c(Cl)cccc1Cl)C(Cc1ccccc1)C(=O)NC1CCCCC1)S(=O)(=O)c1ccc(Cl)cc1. The fraction of sp³-hybridized carbons (Fsp3) is 0.297. The average molecular weight is 727 g/mol. The first kappa shape index (κ1) is 35.7. The van der Waals surface area contributed by atoms with Crippen LogP contribution in [-0.2, 0) is 32.6 Å². The molecule has 0 saturated heterocycles. The Morgan fingerprint density at radius 1 is 0.812 bits per heavy atom. The van der Waals surface area contributed by atoms with Crippen LogP contribution in [0.2, 0.25) is 15.1 Å². The van der Waals surface area contributed by atoms with Crippen LogP contribution in [-0.4, -0.2) is 43.8 Å². The zero-order chi connectivity index (χ0) is 34.3. The zero-order valence-corrected chi connectivity index (χ0v) is 29.7. The summed E-state index contributed by atoms with van der Waals surface area (Å²) in [6.07, 6.45) is 5.05. The number of hydrogen-bond acceptors (Lipinski definition) is 4. The van der Waals surface area contributed by atoms with Crippen molar-refractivity contribution >= 4 is 62.3 Å². The minimum absolute atomic E-state index is 0.0147. The van der Waals surface area contributed by atoms with Gasteiger partial charge in [-0.15, -0.1) is 0 Å². The molecule has 48 heavy (non-hydrogen) atoms. The third-order valence-electron chi connectivity index (χ3n) is 8.68. The van der Waals surface area contributed by atoms with E-state index >= 15 is 0 Å². The Morgan fingerprint density at radius 3 is 2.08 bits per heavy atom. The van der Waals surface area contributed by atoms with Gasteiger partial charge in [0, 0.05) is 39.6 Å². The number of hydrogen-bond donors (Lipinski definition) is 1. The summed E-state index contributed by atoms with van der Waals surface area (Å²) in [6.45, 7) is 1.08. The number of anilines is 1. The van der Waals surface area contributed by atoms with Gasteiger partial charge in [-0.25, -0.2) is 8.42 Å². The first-order valence-electron chi connectivity index (χ1n) is 15.9. The van der Waals surface area contributed by atoms with Gasteiger partial charge < -0.3 is 10.2 Å². The van der Waals surface area contributed by atoms with Crippen LogP contribution in [0.4, 0.5) is 5.69 Å². The lowest BCUT2D eigenvalue weighted by atomic mass is 9.94. The molecule has 0 aliphatic heterocycles. The number of carbonyl (C=O) groups is 2. The molecular formula is C37H38Cl3N3O4S. The van der Waals surface area contributed by atoms with Gasteiger partial charge in [-0.05, 0) is 73.4 Å². The van der Waals surface area contributed by atoms with Crippen LogP contribution in [0.15, 0.2) is 102 Å². The van der Waals surface area contributed by atoms with E-state index in [4.69, 9.17) is 34.8 Å². The molecular weight excluding hydrogens is 689 g/mol. The lowest BCUT2D eigenvalue weighted by molar-refractivity contribution is -0.140. The molecule has 4 aromatic carbocycles. The van der Waals surface area contributed by atoms with Crippen molar-refractivity contribution < 1.29 is 18.0 Å². The van der Waals surface area contributed by atoms with Crippen molar-refractivity contribution in [1.82, 2.24) is 10.2 Å². The molecule has 11 heteroatoms. The molecule has 7 nitrogen and oxygen atoms in total. The third kappa shape index (κ3) is 8.72. The van der Waals surface area contributed by atoms with Crippen molar-refractivity contribution in [3.63, 3.8) is 0 Å². The third-order valence-corrected chi connectivity index (χ3v) is 11.4. The number of benzene rings is 4. The van der Waals surface area contributed by atoms with Crippen LogP contribution >= 0.6 is 34.8 Å². The van der Waals surface area contributed by atoms with Crippen LogP contribution in [0.5, 0.6) is 0 Å². The van der Waals surface area contributed by atoms with Gasteiger partial charge in [0.2, 0.25) is 11.8 Å². The summed E-state index contributed by atoms with van der Waals surface area (Å²) >= 11 is 19.3. The Hall–Kier alpha value is -3.56. The number of carbonyl (C=O) groups excluding carboxylic acids is 2. The number of aryl methyl sites for hydroxylation is 1. The quantitative estimate of drug-likeness (QED) is 0.159.